The fourth-order valence-electron chi connectivity index (χ4n) is 2.98. The van der Waals surface area contributed by atoms with E-state index in [1.807, 2.05) is 13.8 Å². The van der Waals surface area contributed by atoms with Crippen molar-refractivity contribution in [3.05, 3.63) is 35.4 Å². The van der Waals surface area contributed by atoms with Crippen LogP contribution in [-0.2, 0) is 17.3 Å². The Morgan fingerprint density at radius 1 is 1.15 bits per heavy atom. The first-order valence-electron chi connectivity index (χ1n) is 6.72. The van der Waals surface area contributed by atoms with Crippen LogP contribution in [0.3, 0.4) is 0 Å². The number of aliphatic hydroxyl groups is 1. The Kier molecular flexibility index (Phi) is 4.12. The maximum atomic E-state index is 12.5. The molecular formula is C15H19F3O2. The van der Waals surface area contributed by atoms with E-state index < -0.39 is 17.3 Å². The molecule has 1 aliphatic heterocycles. The first-order valence-corrected chi connectivity index (χ1v) is 6.72. The van der Waals surface area contributed by atoms with Crippen molar-refractivity contribution in [2.45, 2.75) is 57.1 Å². The minimum atomic E-state index is -4.32. The molecular weight excluding hydrogens is 269 g/mol. The van der Waals surface area contributed by atoms with Gasteiger partial charge in [-0.15, -0.1) is 0 Å². The number of ether oxygens (including phenoxy) is 1. The third-order valence-corrected chi connectivity index (χ3v) is 3.61. The van der Waals surface area contributed by atoms with Crippen LogP contribution >= 0.6 is 0 Å². The predicted molar refractivity (Wildman–Crippen MR) is 69.3 cm³/mol. The number of hydrogen-bond acceptors (Lipinski definition) is 2. The van der Waals surface area contributed by atoms with Crippen molar-refractivity contribution in [3.8, 4) is 0 Å². The van der Waals surface area contributed by atoms with E-state index in [1.165, 1.54) is 12.1 Å². The molecule has 0 amide bonds. The highest BCUT2D eigenvalue weighted by Crippen LogP contribution is 2.33. The number of benzene rings is 1. The van der Waals surface area contributed by atoms with Crippen LogP contribution < -0.4 is 0 Å². The van der Waals surface area contributed by atoms with Crippen molar-refractivity contribution >= 4 is 0 Å². The molecule has 0 bridgehead atoms. The molecule has 1 aliphatic rings. The van der Waals surface area contributed by atoms with Gasteiger partial charge in [-0.05, 0) is 31.5 Å². The van der Waals surface area contributed by atoms with Crippen molar-refractivity contribution in [1.82, 2.24) is 0 Å². The maximum absolute atomic E-state index is 12.5. The Hall–Kier alpha value is -1.07. The van der Waals surface area contributed by atoms with Crippen molar-refractivity contribution in [1.29, 1.82) is 0 Å². The largest absolute Gasteiger partial charge is 0.416 e. The zero-order valence-electron chi connectivity index (χ0n) is 11.6. The lowest BCUT2D eigenvalue weighted by Crippen LogP contribution is -2.44. The van der Waals surface area contributed by atoms with Crippen LogP contribution in [-0.4, -0.2) is 22.9 Å². The fraction of sp³-hybridized carbons (Fsp3) is 0.600. The van der Waals surface area contributed by atoms with Gasteiger partial charge in [0.1, 0.15) is 0 Å². The number of halogens is 3. The van der Waals surface area contributed by atoms with Crippen molar-refractivity contribution in [2.24, 2.45) is 0 Å². The van der Waals surface area contributed by atoms with Crippen LogP contribution in [0.15, 0.2) is 24.3 Å². The molecule has 0 radical (unpaired) electrons. The average Bonchev–Trinajstić information content (AvgIpc) is 2.25. The van der Waals surface area contributed by atoms with E-state index in [0.717, 1.165) is 12.1 Å². The molecule has 20 heavy (non-hydrogen) atoms. The van der Waals surface area contributed by atoms with Crippen LogP contribution in [0, 0.1) is 0 Å². The molecule has 1 aromatic rings. The predicted octanol–water partition coefficient (Wildman–Crippen LogP) is 3.57. The normalized spacial score (nSPS) is 31.3. The van der Waals surface area contributed by atoms with Crippen molar-refractivity contribution in [3.63, 3.8) is 0 Å². The third-order valence-electron chi connectivity index (χ3n) is 3.61. The zero-order chi connectivity index (χ0) is 15.0. The van der Waals surface area contributed by atoms with Crippen LogP contribution in [0.4, 0.5) is 13.2 Å². The van der Waals surface area contributed by atoms with Gasteiger partial charge in [0.2, 0.25) is 0 Å². The molecule has 2 unspecified atom stereocenters. The Morgan fingerprint density at radius 3 is 2.10 bits per heavy atom. The summed E-state index contributed by atoms with van der Waals surface area (Å²) in [6, 6.07) is 4.99. The minimum Gasteiger partial charge on any atom is -0.389 e. The molecule has 0 aromatic heterocycles. The molecule has 0 spiro atoms. The summed E-state index contributed by atoms with van der Waals surface area (Å²) >= 11 is 0. The van der Waals surface area contributed by atoms with Crippen LogP contribution in [0.5, 0.6) is 0 Å². The van der Waals surface area contributed by atoms with Crippen molar-refractivity contribution in [2.75, 3.05) is 0 Å². The highest BCUT2D eigenvalue weighted by atomic mass is 19.4. The van der Waals surface area contributed by atoms with Gasteiger partial charge in [0.15, 0.2) is 0 Å². The molecule has 2 rings (SSSR count). The summed E-state index contributed by atoms with van der Waals surface area (Å²) in [6.07, 6.45) is -3.06. The number of hydrogen-bond donors (Lipinski definition) is 1. The summed E-state index contributed by atoms with van der Waals surface area (Å²) in [5.74, 6) is 0. The van der Waals surface area contributed by atoms with E-state index in [2.05, 4.69) is 0 Å². The first-order chi connectivity index (χ1) is 9.18. The monoisotopic (exact) mass is 288 g/mol. The molecule has 2 atom stereocenters. The van der Waals surface area contributed by atoms with E-state index in [0.29, 0.717) is 24.8 Å². The van der Waals surface area contributed by atoms with Gasteiger partial charge in [-0.1, -0.05) is 12.1 Å². The van der Waals surface area contributed by atoms with E-state index in [9.17, 15) is 18.3 Å². The quantitative estimate of drug-likeness (QED) is 0.901. The topological polar surface area (TPSA) is 29.5 Å². The summed E-state index contributed by atoms with van der Waals surface area (Å²) in [7, 11) is 0. The van der Waals surface area contributed by atoms with Crippen LogP contribution in [0.25, 0.3) is 0 Å². The Labute approximate surface area is 116 Å². The van der Waals surface area contributed by atoms with E-state index in [4.69, 9.17) is 4.74 Å². The fourth-order valence-corrected chi connectivity index (χ4v) is 2.98. The average molecular weight is 288 g/mol. The summed E-state index contributed by atoms with van der Waals surface area (Å²) in [5.41, 5.74) is -0.861. The van der Waals surface area contributed by atoms with Gasteiger partial charge in [0.05, 0.1) is 23.4 Å². The Bertz CT molecular complexity index is 443. The van der Waals surface area contributed by atoms with Gasteiger partial charge in [0.25, 0.3) is 0 Å². The Balaban J connectivity index is 2.09. The highest BCUT2D eigenvalue weighted by molar-refractivity contribution is 5.26. The van der Waals surface area contributed by atoms with Gasteiger partial charge < -0.3 is 9.84 Å². The lowest BCUT2D eigenvalue weighted by atomic mass is 9.82. The second-order valence-electron chi connectivity index (χ2n) is 5.76. The maximum Gasteiger partial charge on any atom is 0.416 e. The summed E-state index contributed by atoms with van der Waals surface area (Å²) in [6.45, 7) is 3.79. The lowest BCUT2D eigenvalue weighted by Gasteiger charge is -2.39. The van der Waals surface area contributed by atoms with Crippen LogP contribution in [0.1, 0.15) is 37.8 Å². The minimum absolute atomic E-state index is 0.0433. The lowest BCUT2D eigenvalue weighted by molar-refractivity contribution is -0.137. The molecule has 2 nitrogen and oxygen atoms in total. The van der Waals surface area contributed by atoms with E-state index in [-0.39, 0.29) is 12.2 Å². The second kappa shape index (κ2) is 5.37. The van der Waals surface area contributed by atoms with Gasteiger partial charge in [-0.2, -0.15) is 13.2 Å². The molecule has 1 saturated heterocycles. The van der Waals surface area contributed by atoms with Gasteiger partial charge in [0, 0.05) is 19.3 Å². The van der Waals surface area contributed by atoms with E-state index >= 15 is 0 Å². The molecule has 1 N–H and O–H groups in total. The SMILES string of the molecule is CC1CC(O)(Cc2ccc(C(F)(F)F)cc2)CC(C)O1. The van der Waals surface area contributed by atoms with E-state index in [1.54, 1.807) is 0 Å². The molecule has 0 aliphatic carbocycles. The summed E-state index contributed by atoms with van der Waals surface area (Å²) in [4.78, 5) is 0. The molecule has 0 saturated carbocycles. The van der Waals surface area contributed by atoms with Gasteiger partial charge in [-0.3, -0.25) is 0 Å². The number of rotatable bonds is 2. The van der Waals surface area contributed by atoms with Gasteiger partial charge in [-0.25, -0.2) is 0 Å². The highest BCUT2D eigenvalue weighted by Gasteiger charge is 2.37. The molecule has 1 aromatic carbocycles. The van der Waals surface area contributed by atoms with Gasteiger partial charge >= 0.3 is 6.18 Å². The summed E-state index contributed by atoms with van der Waals surface area (Å²) < 4.78 is 43.0. The summed E-state index contributed by atoms with van der Waals surface area (Å²) in [5, 5.41) is 10.6. The smallest absolute Gasteiger partial charge is 0.389 e. The molecule has 1 heterocycles. The Morgan fingerprint density at radius 2 is 1.65 bits per heavy atom. The molecule has 112 valence electrons. The molecule has 5 heteroatoms. The molecule has 1 fully saturated rings. The van der Waals surface area contributed by atoms with Crippen molar-refractivity contribution < 1.29 is 23.0 Å². The zero-order valence-corrected chi connectivity index (χ0v) is 11.6. The third kappa shape index (κ3) is 3.73. The standard InChI is InChI=1S/C15H19F3O2/c1-10-7-14(19,8-11(2)20-10)9-12-3-5-13(6-4-12)15(16,17)18/h3-6,10-11,19H,7-9H2,1-2H3. The van der Waals surface area contributed by atoms with Crippen LogP contribution in [0.2, 0.25) is 0 Å². The number of alkyl halides is 3. The first kappa shape index (κ1) is 15.3. The second-order valence-corrected chi connectivity index (χ2v) is 5.76.